The van der Waals surface area contributed by atoms with Gasteiger partial charge in [0, 0.05) is 27.3 Å². The van der Waals surface area contributed by atoms with E-state index in [-0.39, 0.29) is 17.8 Å². The number of ether oxygens (including phenoxy) is 1. The van der Waals surface area contributed by atoms with Crippen LogP contribution in [-0.2, 0) is 28.9 Å². The van der Waals surface area contributed by atoms with Crippen LogP contribution in [0, 0.1) is 24.2 Å². The molecule has 184 valence electrons. The number of carbonyl (C=O) groups is 1. The summed E-state index contributed by atoms with van der Waals surface area (Å²) in [4.78, 5) is 15.4. The lowest BCUT2D eigenvalue weighted by Gasteiger charge is -2.20. The number of nitriles is 1. The molecular formula is C25H29N5O2S3. The van der Waals surface area contributed by atoms with Crippen molar-refractivity contribution in [2.75, 3.05) is 17.7 Å². The van der Waals surface area contributed by atoms with Crippen molar-refractivity contribution in [3.63, 3.8) is 0 Å². The highest BCUT2D eigenvalue weighted by Gasteiger charge is 2.26. The van der Waals surface area contributed by atoms with Gasteiger partial charge in [-0.2, -0.15) is 5.26 Å². The number of rotatable bonds is 8. The van der Waals surface area contributed by atoms with E-state index in [0.29, 0.717) is 28.2 Å². The van der Waals surface area contributed by atoms with Gasteiger partial charge in [0.1, 0.15) is 11.1 Å². The Labute approximate surface area is 217 Å². The van der Waals surface area contributed by atoms with Crippen molar-refractivity contribution in [2.24, 2.45) is 5.92 Å². The molecule has 4 heterocycles. The average molecular weight is 528 g/mol. The smallest absolute Gasteiger partial charge is 0.235 e. The molecule has 1 N–H and O–H groups in total. The molecule has 5 rings (SSSR count). The van der Waals surface area contributed by atoms with Crippen molar-refractivity contribution < 1.29 is 9.53 Å². The van der Waals surface area contributed by atoms with E-state index >= 15 is 0 Å². The van der Waals surface area contributed by atoms with Gasteiger partial charge >= 0.3 is 0 Å². The van der Waals surface area contributed by atoms with E-state index in [4.69, 9.17) is 4.74 Å². The lowest BCUT2D eigenvalue weighted by atomic mass is 9.86. The summed E-state index contributed by atoms with van der Waals surface area (Å²) in [6.45, 7) is 5.76. The zero-order chi connectivity index (χ0) is 24.4. The lowest BCUT2D eigenvalue weighted by molar-refractivity contribution is -0.113. The minimum absolute atomic E-state index is 0.128. The van der Waals surface area contributed by atoms with E-state index in [1.54, 1.807) is 22.7 Å². The number of anilines is 1. The monoisotopic (exact) mass is 527 g/mol. The van der Waals surface area contributed by atoms with Crippen LogP contribution in [0.25, 0.3) is 11.4 Å². The lowest BCUT2D eigenvalue weighted by Crippen LogP contribution is -2.18. The molecule has 0 spiro atoms. The molecule has 1 aliphatic carbocycles. The number of aryl methyl sites for hydroxylation is 1. The second kappa shape index (κ2) is 10.8. The first-order valence-electron chi connectivity index (χ1n) is 12.1. The summed E-state index contributed by atoms with van der Waals surface area (Å²) >= 11 is 4.64. The van der Waals surface area contributed by atoms with Crippen LogP contribution in [-0.4, -0.2) is 39.1 Å². The Balaban J connectivity index is 1.30. The Bertz CT molecular complexity index is 1250. The summed E-state index contributed by atoms with van der Waals surface area (Å²) < 4.78 is 7.96. The molecule has 2 aliphatic rings. The molecule has 0 aromatic carbocycles. The molecule has 35 heavy (non-hydrogen) atoms. The average Bonchev–Trinajstić information content (AvgIpc) is 3.64. The molecular weight excluding hydrogens is 499 g/mol. The van der Waals surface area contributed by atoms with E-state index in [1.165, 1.54) is 21.5 Å². The van der Waals surface area contributed by atoms with Gasteiger partial charge in [-0.25, -0.2) is 0 Å². The zero-order valence-electron chi connectivity index (χ0n) is 20.0. The van der Waals surface area contributed by atoms with Crippen LogP contribution < -0.4 is 5.32 Å². The number of aromatic nitrogens is 3. The molecule has 7 nitrogen and oxygen atoms in total. The van der Waals surface area contributed by atoms with Crippen LogP contribution in [0.4, 0.5) is 5.00 Å². The van der Waals surface area contributed by atoms with Gasteiger partial charge in [-0.15, -0.1) is 32.9 Å². The van der Waals surface area contributed by atoms with Gasteiger partial charge in [0.2, 0.25) is 5.91 Å². The molecule has 3 aromatic heterocycles. The SMILES string of the molecule is CCC1CCc2c(sc(NC(=O)CSc3nnc(-c4csc(C)c4)n3CC3CCCO3)c2C#N)C1. The second-order valence-corrected chi connectivity index (χ2v) is 12.3. The Hall–Kier alpha value is -2.19. The highest BCUT2D eigenvalue weighted by atomic mass is 32.2. The second-order valence-electron chi connectivity index (χ2n) is 9.17. The molecule has 1 amide bonds. The first kappa shape index (κ1) is 24.5. The fourth-order valence-electron chi connectivity index (χ4n) is 4.83. The van der Waals surface area contributed by atoms with E-state index in [1.807, 2.05) is 0 Å². The fraction of sp³-hybridized carbons (Fsp3) is 0.520. The van der Waals surface area contributed by atoms with Crippen LogP contribution in [0.1, 0.15) is 53.5 Å². The number of nitrogens with zero attached hydrogens (tertiary/aromatic N) is 4. The van der Waals surface area contributed by atoms with Crippen molar-refractivity contribution in [2.45, 2.75) is 70.2 Å². The molecule has 0 radical (unpaired) electrons. The first-order valence-corrected chi connectivity index (χ1v) is 14.8. The maximum absolute atomic E-state index is 12.9. The molecule has 2 unspecified atom stereocenters. The quantitative estimate of drug-likeness (QED) is 0.379. The largest absolute Gasteiger partial charge is 0.376 e. The Morgan fingerprint density at radius 1 is 1.40 bits per heavy atom. The first-order chi connectivity index (χ1) is 17.1. The maximum atomic E-state index is 12.9. The third-order valence-electron chi connectivity index (χ3n) is 6.76. The molecule has 1 fully saturated rings. The predicted octanol–water partition coefficient (Wildman–Crippen LogP) is 5.67. The van der Waals surface area contributed by atoms with Gasteiger partial charge in [0.15, 0.2) is 11.0 Å². The van der Waals surface area contributed by atoms with Gasteiger partial charge in [-0.05, 0) is 56.6 Å². The molecule has 0 bridgehead atoms. The molecule has 10 heteroatoms. The molecule has 1 aliphatic heterocycles. The topological polar surface area (TPSA) is 92.8 Å². The van der Waals surface area contributed by atoms with Crippen LogP contribution in [0.15, 0.2) is 16.6 Å². The van der Waals surface area contributed by atoms with Gasteiger partial charge in [0.25, 0.3) is 0 Å². The number of fused-ring (bicyclic) bond motifs is 1. The highest BCUT2D eigenvalue weighted by Crippen LogP contribution is 2.40. The summed E-state index contributed by atoms with van der Waals surface area (Å²) in [5.74, 6) is 1.56. The van der Waals surface area contributed by atoms with E-state index in [0.717, 1.165) is 62.1 Å². The number of thioether (sulfide) groups is 1. The van der Waals surface area contributed by atoms with Gasteiger partial charge in [-0.3, -0.25) is 9.36 Å². The minimum Gasteiger partial charge on any atom is -0.376 e. The summed E-state index contributed by atoms with van der Waals surface area (Å²) in [6.07, 6.45) is 6.42. The summed E-state index contributed by atoms with van der Waals surface area (Å²) in [5.41, 5.74) is 2.83. The van der Waals surface area contributed by atoms with Gasteiger partial charge < -0.3 is 10.1 Å². The van der Waals surface area contributed by atoms with Gasteiger partial charge in [0.05, 0.1) is 24.0 Å². The molecule has 0 saturated carbocycles. The molecule has 3 aromatic rings. The van der Waals surface area contributed by atoms with Crippen LogP contribution in [0.5, 0.6) is 0 Å². The predicted molar refractivity (Wildman–Crippen MR) is 141 cm³/mol. The molecule has 2 atom stereocenters. The van der Waals surface area contributed by atoms with E-state index in [9.17, 15) is 10.1 Å². The van der Waals surface area contributed by atoms with Crippen LogP contribution >= 0.6 is 34.4 Å². The number of carbonyl (C=O) groups excluding carboxylic acids is 1. The van der Waals surface area contributed by atoms with Crippen molar-refractivity contribution in [3.8, 4) is 17.5 Å². The number of hydrogen-bond donors (Lipinski definition) is 1. The van der Waals surface area contributed by atoms with Crippen molar-refractivity contribution in [1.82, 2.24) is 14.8 Å². The number of thiophene rings is 2. The minimum atomic E-state index is -0.128. The summed E-state index contributed by atoms with van der Waals surface area (Å²) in [6, 6.07) is 4.46. The normalized spacial score (nSPS) is 19.5. The molecule has 1 saturated heterocycles. The fourth-order valence-corrected chi connectivity index (χ4v) is 7.59. The number of amides is 1. The summed E-state index contributed by atoms with van der Waals surface area (Å²) in [5, 5.41) is 25.2. The third-order valence-corrected chi connectivity index (χ3v) is 9.76. The number of hydrogen-bond acceptors (Lipinski definition) is 8. The maximum Gasteiger partial charge on any atom is 0.235 e. The van der Waals surface area contributed by atoms with Crippen LogP contribution in [0.2, 0.25) is 0 Å². The van der Waals surface area contributed by atoms with Gasteiger partial charge in [-0.1, -0.05) is 25.1 Å². The van der Waals surface area contributed by atoms with Crippen LogP contribution in [0.3, 0.4) is 0 Å². The Kier molecular flexibility index (Phi) is 7.58. The number of nitrogens with one attached hydrogen (secondary N) is 1. The zero-order valence-corrected chi connectivity index (χ0v) is 22.5. The Morgan fingerprint density at radius 2 is 2.29 bits per heavy atom. The standard InChI is InChI=1S/C25H29N5O2S3/c1-3-16-6-7-19-20(11-26)24(35-21(19)10-16)27-22(31)14-34-25-29-28-23(17-9-15(2)33-13-17)30(25)12-18-5-4-8-32-18/h9,13,16,18H,3-8,10,12,14H2,1-2H3,(H,27,31). The van der Waals surface area contributed by atoms with Crippen molar-refractivity contribution in [3.05, 3.63) is 32.3 Å². The van der Waals surface area contributed by atoms with E-state index in [2.05, 4.69) is 51.4 Å². The highest BCUT2D eigenvalue weighted by molar-refractivity contribution is 7.99. The van der Waals surface area contributed by atoms with E-state index < -0.39 is 0 Å². The summed E-state index contributed by atoms with van der Waals surface area (Å²) in [7, 11) is 0. The Morgan fingerprint density at radius 3 is 3.00 bits per heavy atom. The van der Waals surface area contributed by atoms with Crippen molar-refractivity contribution in [1.29, 1.82) is 5.26 Å². The van der Waals surface area contributed by atoms with Crippen molar-refractivity contribution >= 4 is 45.3 Å². The third kappa shape index (κ3) is 5.33.